The molecule has 160 valence electrons. The number of aliphatic hydroxyl groups excluding tert-OH is 1. The zero-order valence-electron chi connectivity index (χ0n) is 17.5. The number of rotatable bonds is 6. The molecule has 1 saturated heterocycles. The first-order chi connectivity index (χ1) is 14.7. The van der Waals surface area contributed by atoms with E-state index in [1.807, 2.05) is 24.4 Å². The van der Waals surface area contributed by atoms with Crippen LogP contribution >= 0.6 is 0 Å². The minimum absolute atomic E-state index is 0.0509. The second-order valence-corrected chi connectivity index (χ2v) is 9.48. The van der Waals surface area contributed by atoms with E-state index in [1.165, 1.54) is 25.7 Å². The number of benzene rings is 1. The van der Waals surface area contributed by atoms with Crippen LogP contribution in [0.1, 0.15) is 55.7 Å². The summed E-state index contributed by atoms with van der Waals surface area (Å²) in [4.78, 5) is 6.70. The van der Waals surface area contributed by atoms with Crippen LogP contribution in [0.25, 0.3) is 0 Å². The summed E-state index contributed by atoms with van der Waals surface area (Å²) in [7, 11) is 0. The van der Waals surface area contributed by atoms with Gasteiger partial charge in [-0.1, -0.05) is 24.6 Å². The van der Waals surface area contributed by atoms with Gasteiger partial charge in [-0.3, -0.25) is 0 Å². The minimum Gasteiger partial charge on any atom is -0.391 e. The zero-order valence-corrected chi connectivity index (χ0v) is 17.5. The molecule has 2 heterocycles. The number of pyridine rings is 1. The van der Waals surface area contributed by atoms with Crippen LogP contribution in [0.5, 0.6) is 0 Å². The Morgan fingerprint density at radius 3 is 2.83 bits per heavy atom. The molecule has 2 saturated carbocycles. The first-order valence-corrected chi connectivity index (χ1v) is 11.5. The summed E-state index contributed by atoms with van der Waals surface area (Å²) in [6, 6.07) is 11.5. The van der Waals surface area contributed by atoms with E-state index in [4.69, 9.17) is 0 Å². The highest BCUT2D eigenvalue weighted by molar-refractivity contribution is 5.41. The Labute approximate surface area is 178 Å². The third kappa shape index (κ3) is 4.10. The maximum Gasteiger partial charge on any atom is 0.128 e. The van der Waals surface area contributed by atoms with Crippen LogP contribution in [0, 0.1) is 23.6 Å². The van der Waals surface area contributed by atoms with Gasteiger partial charge in [-0.2, -0.15) is 0 Å². The molecule has 3 fully saturated rings. The molecule has 5 heteroatoms. The van der Waals surface area contributed by atoms with Gasteiger partial charge in [0.1, 0.15) is 11.6 Å². The average molecular weight is 410 g/mol. The van der Waals surface area contributed by atoms with Gasteiger partial charge in [-0.05, 0) is 73.6 Å². The minimum atomic E-state index is -0.273. The molecule has 1 aliphatic heterocycles. The molecule has 0 spiro atoms. The normalized spacial score (nSPS) is 29.3. The molecule has 1 aromatic carbocycles. The summed E-state index contributed by atoms with van der Waals surface area (Å²) in [6.07, 6.45) is 8.60. The van der Waals surface area contributed by atoms with E-state index in [-0.39, 0.29) is 18.0 Å². The number of hydrogen-bond acceptors (Lipinski definition) is 4. The lowest BCUT2D eigenvalue weighted by Crippen LogP contribution is -2.38. The first-order valence-electron chi connectivity index (χ1n) is 11.5. The average Bonchev–Trinajstić information content (AvgIpc) is 3.39. The second kappa shape index (κ2) is 8.64. The predicted octanol–water partition coefficient (Wildman–Crippen LogP) is 4.45. The summed E-state index contributed by atoms with van der Waals surface area (Å²) in [5.74, 6) is 2.88. The first kappa shape index (κ1) is 20.0. The lowest BCUT2D eigenvalue weighted by atomic mass is 9.80. The molecule has 2 bridgehead atoms. The van der Waals surface area contributed by atoms with Crippen molar-refractivity contribution < 1.29 is 9.50 Å². The van der Waals surface area contributed by atoms with Gasteiger partial charge in [0.15, 0.2) is 0 Å². The zero-order chi connectivity index (χ0) is 20.5. The fourth-order valence-electron chi connectivity index (χ4n) is 6.06. The topological polar surface area (TPSA) is 48.4 Å². The van der Waals surface area contributed by atoms with E-state index in [0.717, 1.165) is 48.2 Å². The summed E-state index contributed by atoms with van der Waals surface area (Å²) in [5.41, 5.74) is 1.97. The van der Waals surface area contributed by atoms with Crippen molar-refractivity contribution in [3.8, 4) is 0 Å². The lowest BCUT2D eigenvalue weighted by molar-refractivity contribution is 0.154. The van der Waals surface area contributed by atoms with Crippen LogP contribution in [0.3, 0.4) is 0 Å². The van der Waals surface area contributed by atoms with Gasteiger partial charge in [-0.25, -0.2) is 9.37 Å². The van der Waals surface area contributed by atoms with E-state index in [1.54, 1.807) is 12.1 Å². The summed E-state index contributed by atoms with van der Waals surface area (Å²) in [6.45, 7) is 2.27. The summed E-state index contributed by atoms with van der Waals surface area (Å²) < 4.78 is 14.7. The number of nitrogens with zero attached hydrogens (tertiary/aromatic N) is 2. The van der Waals surface area contributed by atoms with E-state index in [0.29, 0.717) is 19.0 Å². The number of hydrogen-bond donors (Lipinski definition) is 2. The van der Waals surface area contributed by atoms with Crippen LogP contribution < -0.4 is 10.2 Å². The van der Waals surface area contributed by atoms with Gasteiger partial charge in [0.05, 0.1) is 6.10 Å². The smallest absolute Gasteiger partial charge is 0.128 e. The molecule has 4 nitrogen and oxygen atoms in total. The largest absolute Gasteiger partial charge is 0.391 e. The van der Waals surface area contributed by atoms with Crippen molar-refractivity contribution in [2.45, 2.75) is 57.2 Å². The molecule has 2 N–H and O–H groups in total. The lowest BCUT2D eigenvalue weighted by Gasteiger charge is -2.33. The van der Waals surface area contributed by atoms with Crippen LogP contribution in [0.4, 0.5) is 10.2 Å². The molecule has 0 unspecified atom stereocenters. The molecule has 0 radical (unpaired) electrons. The fourth-order valence-corrected chi connectivity index (χ4v) is 6.06. The van der Waals surface area contributed by atoms with Crippen LogP contribution in [0.2, 0.25) is 0 Å². The van der Waals surface area contributed by atoms with Gasteiger partial charge >= 0.3 is 0 Å². The summed E-state index contributed by atoms with van der Waals surface area (Å²) >= 11 is 0. The number of fused-ring (bicyclic) bond motifs is 2. The Bertz CT molecular complexity index is 875. The number of piperidine rings is 1. The van der Waals surface area contributed by atoms with Gasteiger partial charge < -0.3 is 15.3 Å². The Hall–Kier alpha value is -1.98. The number of aromatic nitrogens is 1. The SMILES string of the molecule is O[C@@H]1CCCN(c2cc(CN[C@@H](c3ccccc3F)[C@H]3C[C@H]4CC[C@H]3C4)ccn2)C1. The molecule has 5 rings (SSSR count). The van der Waals surface area contributed by atoms with Gasteiger partial charge in [-0.15, -0.1) is 0 Å². The monoisotopic (exact) mass is 409 g/mol. The Kier molecular flexibility index (Phi) is 5.74. The quantitative estimate of drug-likeness (QED) is 0.740. The Morgan fingerprint density at radius 2 is 2.07 bits per heavy atom. The predicted molar refractivity (Wildman–Crippen MR) is 117 cm³/mol. The van der Waals surface area contributed by atoms with Crippen molar-refractivity contribution in [1.82, 2.24) is 10.3 Å². The highest BCUT2D eigenvalue weighted by atomic mass is 19.1. The second-order valence-electron chi connectivity index (χ2n) is 9.48. The highest BCUT2D eigenvalue weighted by Crippen LogP contribution is 2.52. The van der Waals surface area contributed by atoms with Crippen molar-refractivity contribution in [3.05, 3.63) is 59.5 Å². The molecular weight excluding hydrogens is 377 g/mol. The van der Waals surface area contributed by atoms with E-state index in [2.05, 4.69) is 21.3 Å². The Morgan fingerprint density at radius 1 is 1.17 bits per heavy atom. The molecule has 3 aliphatic rings. The molecule has 5 atom stereocenters. The summed E-state index contributed by atoms with van der Waals surface area (Å²) in [5, 5.41) is 13.7. The van der Waals surface area contributed by atoms with E-state index >= 15 is 0 Å². The number of aliphatic hydroxyl groups is 1. The molecular formula is C25H32FN3O. The van der Waals surface area contributed by atoms with Crippen LogP contribution in [-0.2, 0) is 6.54 Å². The number of anilines is 1. The third-order valence-electron chi connectivity index (χ3n) is 7.52. The van der Waals surface area contributed by atoms with Gasteiger partial charge in [0, 0.05) is 37.4 Å². The molecule has 2 aromatic rings. The number of β-amino-alcohol motifs (C(OH)–C–C–N with tert-alkyl or cyclic N) is 1. The molecule has 30 heavy (non-hydrogen) atoms. The van der Waals surface area contributed by atoms with E-state index < -0.39 is 0 Å². The molecule has 0 amide bonds. The van der Waals surface area contributed by atoms with E-state index in [9.17, 15) is 9.50 Å². The standard InChI is InChI=1S/C25H32FN3O/c26-23-6-2-1-5-21(23)25(22-13-17-7-8-19(22)12-17)28-15-18-9-10-27-24(14-18)29-11-3-4-20(30)16-29/h1-2,5-6,9-10,14,17,19-20,22,25,28,30H,3-4,7-8,11-13,15-16H2/t17-,19-,20+,22-,25-/m0/s1. The third-order valence-corrected chi connectivity index (χ3v) is 7.52. The molecule has 2 aliphatic carbocycles. The van der Waals surface area contributed by atoms with Crippen LogP contribution in [-0.4, -0.2) is 29.3 Å². The highest BCUT2D eigenvalue weighted by Gasteiger charge is 2.43. The number of nitrogens with one attached hydrogen (secondary N) is 1. The number of halogens is 1. The van der Waals surface area contributed by atoms with Crippen molar-refractivity contribution in [2.24, 2.45) is 17.8 Å². The maximum absolute atomic E-state index is 14.7. The van der Waals surface area contributed by atoms with Gasteiger partial charge in [0.2, 0.25) is 0 Å². The Balaban J connectivity index is 1.33. The van der Waals surface area contributed by atoms with Gasteiger partial charge in [0.25, 0.3) is 0 Å². The molecule has 1 aromatic heterocycles. The van der Waals surface area contributed by atoms with Crippen LogP contribution in [0.15, 0.2) is 42.6 Å². The van der Waals surface area contributed by atoms with Crippen molar-refractivity contribution in [1.29, 1.82) is 0 Å². The van der Waals surface area contributed by atoms with Crippen molar-refractivity contribution >= 4 is 5.82 Å². The maximum atomic E-state index is 14.7. The van der Waals surface area contributed by atoms with Crippen molar-refractivity contribution in [2.75, 3.05) is 18.0 Å². The fraction of sp³-hybridized carbons (Fsp3) is 0.560. The van der Waals surface area contributed by atoms with Crippen molar-refractivity contribution in [3.63, 3.8) is 0 Å².